The van der Waals surface area contributed by atoms with E-state index in [1.165, 1.54) is 48.2 Å². The number of rotatable bonds is 16. The number of benzene rings is 6. The molecule has 1 N–H and O–H groups in total. The predicted molar refractivity (Wildman–Crippen MR) is 306 cm³/mol. The monoisotopic (exact) mass is 1140 g/mol. The third-order valence-corrected chi connectivity index (χ3v) is 14.6. The maximum absolute atomic E-state index is 13.7. The van der Waals surface area contributed by atoms with Crippen LogP contribution in [0.2, 0.25) is 10.0 Å². The summed E-state index contributed by atoms with van der Waals surface area (Å²) in [6.07, 6.45) is 6.63. The van der Waals surface area contributed by atoms with Gasteiger partial charge in [0.2, 0.25) is 0 Å². The van der Waals surface area contributed by atoms with Crippen LogP contribution in [0.25, 0.3) is 0 Å². The van der Waals surface area contributed by atoms with E-state index in [1.807, 2.05) is 60.7 Å². The van der Waals surface area contributed by atoms with Crippen LogP contribution in [0.1, 0.15) is 80.3 Å². The lowest BCUT2D eigenvalue weighted by molar-refractivity contribution is -0.165. The van der Waals surface area contributed by atoms with Gasteiger partial charge in [-0.3, -0.25) is 9.80 Å². The summed E-state index contributed by atoms with van der Waals surface area (Å²) < 4.78 is 55.1. The Balaban J connectivity index is 0.000000189. The van der Waals surface area contributed by atoms with Gasteiger partial charge in [-0.1, -0.05) is 131 Å². The number of anilines is 2. The molecule has 10 nitrogen and oxygen atoms in total. The van der Waals surface area contributed by atoms with E-state index in [0.717, 1.165) is 126 Å². The molecule has 0 bridgehead atoms. The van der Waals surface area contributed by atoms with Crippen LogP contribution in [-0.2, 0) is 32.0 Å². The van der Waals surface area contributed by atoms with Crippen molar-refractivity contribution in [1.29, 1.82) is 0 Å². The summed E-state index contributed by atoms with van der Waals surface area (Å²) in [5.74, 6) is 0.387. The van der Waals surface area contributed by atoms with E-state index in [9.17, 15) is 13.9 Å². The van der Waals surface area contributed by atoms with Gasteiger partial charge in [-0.15, -0.1) is 0 Å². The number of alkyl halides is 1. The molecule has 2 unspecified atom stereocenters. The zero-order valence-corrected chi connectivity index (χ0v) is 45.6. The summed E-state index contributed by atoms with van der Waals surface area (Å²) >= 11 is 16.5. The number of halogens is 5. The number of phenolic OH excluding ortho intramolecular Hbond substituents is 1. The Hall–Kier alpha value is -4.80. The van der Waals surface area contributed by atoms with Crippen LogP contribution in [0.5, 0.6) is 11.5 Å². The summed E-state index contributed by atoms with van der Waals surface area (Å²) in [7, 11) is 0. The molecule has 0 aliphatic carbocycles. The summed E-state index contributed by atoms with van der Waals surface area (Å²) in [6, 6.07) is 45.4. The minimum Gasteiger partial charge on any atom is -0.508 e. The van der Waals surface area contributed by atoms with Crippen LogP contribution in [0.4, 0.5) is 20.2 Å². The topological polar surface area (TPSA) is 79.3 Å². The third-order valence-electron chi connectivity index (χ3n) is 13.7. The second kappa shape index (κ2) is 31.0. The highest BCUT2D eigenvalue weighted by molar-refractivity contribution is 9.09. The van der Waals surface area contributed by atoms with Crippen LogP contribution >= 0.6 is 39.1 Å². The molecule has 0 radical (unpaired) electrons. The van der Waals surface area contributed by atoms with E-state index in [4.69, 9.17) is 46.9 Å². The molecule has 4 heterocycles. The maximum Gasteiger partial charge on any atom is 0.157 e. The molecule has 10 rings (SSSR count). The Kier molecular flexibility index (Phi) is 24.0. The van der Waals surface area contributed by atoms with Gasteiger partial charge < -0.3 is 38.6 Å². The quantitative estimate of drug-likeness (QED) is 0.0748. The average Bonchev–Trinajstić information content (AvgIpc) is 3.44. The van der Waals surface area contributed by atoms with E-state index in [2.05, 4.69) is 84.1 Å². The van der Waals surface area contributed by atoms with E-state index < -0.39 is 0 Å². The molecule has 6 aromatic rings. The highest BCUT2D eigenvalue weighted by Crippen LogP contribution is 2.39. The number of aromatic hydroxyl groups is 1. The summed E-state index contributed by atoms with van der Waals surface area (Å²) in [6.45, 7) is 10.1. The molecule has 15 heteroatoms. The van der Waals surface area contributed by atoms with E-state index in [-0.39, 0.29) is 49.5 Å². The van der Waals surface area contributed by atoms with Crippen LogP contribution in [0.15, 0.2) is 146 Å². The number of hydrogen-bond acceptors (Lipinski definition) is 10. The van der Waals surface area contributed by atoms with Crippen molar-refractivity contribution in [3.8, 4) is 11.5 Å². The largest absolute Gasteiger partial charge is 0.508 e. The summed E-state index contributed by atoms with van der Waals surface area (Å²) in [4.78, 5) is 9.43. The molecule has 0 amide bonds. The molecule has 4 aliphatic rings. The number of hydrogen-bond donors (Lipinski definition) is 1. The lowest BCUT2D eigenvalue weighted by Crippen LogP contribution is -2.48. The van der Waals surface area contributed by atoms with Crippen molar-refractivity contribution in [2.75, 3.05) is 87.4 Å². The smallest absolute Gasteiger partial charge is 0.157 e. The van der Waals surface area contributed by atoms with Crippen LogP contribution in [0.3, 0.4) is 0 Å². The minimum atomic E-state index is -0.241. The van der Waals surface area contributed by atoms with Crippen molar-refractivity contribution in [3.05, 3.63) is 190 Å². The number of piperazine rings is 2. The van der Waals surface area contributed by atoms with Gasteiger partial charge in [-0.2, -0.15) is 0 Å². The van der Waals surface area contributed by atoms with Gasteiger partial charge in [0.15, 0.2) is 12.6 Å². The molecular formula is C61H73BrCl2F2N4O6. The second-order valence-corrected chi connectivity index (χ2v) is 20.7. The van der Waals surface area contributed by atoms with Gasteiger partial charge in [0.05, 0.1) is 46.7 Å². The lowest BCUT2D eigenvalue weighted by atomic mass is 10.0. The lowest BCUT2D eigenvalue weighted by Gasteiger charge is -2.43. The standard InChI is InChI=1S/C30H34ClFN2O3.C23H22ClFN2O.C7H13BrO2.CH4/c31-27-20-26(35-18-19-37-30-8-4-5-17-36-30)13-14-28(27)34-16-15-33(21-23-6-2-1-3-7-23)22-29(34)24-9-11-25(32)12-10-24;24-21-14-20(28)10-11-22(21)27-13-12-26(15-17-4-2-1-3-5-17)16-23(27)18-6-8-19(25)9-7-18;8-4-6-10-7-3-1-2-5-9-7;/h1-3,6-7,9-14,20,29-30H,4-5,8,15-19,21-22H2;1-11,14,23,28H,12-13,15-16H2;7H,1-6H2;1H4/t29-,30?;23-;;/m00../s1. The fourth-order valence-electron chi connectivity index (χ4n) is 9.91. The molecular weight excluding hydrogens is 1070 g/mol. The predicted octanol–water partition coefficient (Wildman–Crippen LogP) is 14.3. The van der Waals surface area contributed by atoms with Gasteiger partial charge in [0, 0.05) is 83.0 Å². The molecule has 4 aliphatic heterocycles. The molecule has 0 saturated carbocycles. The van der Waals surface area contributed by atoms with Gasteiger partial charge in [-0.25, -0.2) is 8.78 Å². The van der Waals surface area contributed by atoms with Crippen molar-refractivity contribution in [3.63, 3.8) is 0 Å². The second-order valence-electron chi connectivity index (χ2n) is 19.1. The van der Waals surface area contributed by atoms with Crippen molar-refractivity contribution >= 4 is 50.5 Å². The van der Waals surface area contributed by atoms with Crippen molar-refractivity contribution in [2.45, 2.75) is 83.7 Å². The van der Waals surface area contributed by atoms with Crippen LogP contribution in [-0.4, -0.2) is 105 Å². The van der Waals surface area contributed by atoms with Crippen molar-refractivity contribution in [1.82, 2.24) is 9.80 Å². The molecule has 76 heavy (non-hydrogen) atoms. The average molecular weight is 1150 g/mol. The van der Waals surface area contributed by atoms with Crippen molar-refractivity contribution < 1.29 is 37.6 Å². The first-order valence-corrected chi connectivity index (χ1v) is 28.1. The highest BCUT2D eigenvalue weighted by Gasteiger charge is 2.32. The van der Waals surface area contributed by atoms with Crippen LogP contribution in [0, 0.1) is 11.6 Å². The molecule has 4 saturated heterocycles. The van der Waals surface area contributed by atoms with Crippen molar-refractivity contribution in [2.24, 2.45) is 0 Å². The number of phenols is 1. The SMILES string of the molecule is BrCCOC1CCCCO1.C.Fc1ccc([C@@H]2CN(Cc3ccccc3)CCN2c2ccc(OCCOC3CCCCO3)cc2Cl)cc1.Oc1ccc(N2CCN(Cc3ccccc3)C[C@H]2c2ccc(F)cc2)c(Cl)c1. The molecule has 0 aromatic heterocycles. The van der Waals surface area contributed by atoms with E-state index >= 15 is 0 Å². The Morgan fingerprint density at radius 1 is 0.553 bits per heavy atom. The summed E-state index contributed by atoms with van der Waals surface area (Å²) in [5, 5.41) is 11.8. The normalized spacial score (nSPS) is 20.1. The summed E-state index contributed by atoms with van der Waals surface area (Å²) in [5.41, 5.74) is 6.51. The van der Waals surface area contributed by atoms with E-state index in [1.54, 1.807) is 12.1 Å². The molecule has 6 aromatic carbocycles. The number of nitrogens with zero attached hydrogens (tertiary/aromatic N) is 4. The first-order chi connectivity index (χ1) is 36.7. The molecule has 0 spiro atoms. The van der Waals surface area contributed by atoms with Gasteiger partial charge in [0.1, 0.15) is 29.7 Å². The number of ether oxygens (including phenoxy) is 5. The zero-order chi connectivity index (χ0) is 52.2. The Morgan fingerprint density at radius 2 is 1.03 bits per heavy atom. The van der Waals surface area contributed by atoms with Gasteiger partial charge >= 0.3 is 0 Å². The van der Waals surface area contributed by atoms with Gasteiger partial charge in [0.25, 0.3) is 0 Å². The Bertz CT molecular complexity index is 2600. The fraction of sp³-hybridized carbons (Fsp3) is 0.410. The Morgan fingerprint density at radius 3 is 1.47 bits per heavy atom. The zero-order valence-electron chi connectivity index (χ0n) is 42.5. The molecule has 4 fully saturated rings. The first kappa shape index (κ1) is 58.9. The Labute approximate surface area is 467 Å². The fourth-order valence-corrected chi connectivity index (χ4v) is 10.7. The van der Waals surface area contributed by atoms with E-state index in [0.29, 0.717) is 29.0 Å². The first-order valence-electron chi connectivity index (χ1n) is 26.2. The maximum atomic E-state index is 13.7. The third kappa shape index (κ3) is 17.9. The minimum absolute atomic E-state index is 0. The molecule has 408 valence electrons. The highest BCUT2D eigenvalue weighted by atomic mass is 79.9. The van der Waals surface area contributed by atoms with Gasteiger partial charge in [-0.05, 0) is 109 Å². The van der Waals surface area contributed by atoms with Crippen LogP contribution < -0.4 is 14.5 Å². The molecule has 4 atom stereocenters.